The summed E-state index contributed by atoms with van der Waals surface area (Å²) in [7, 11) is 0. The Bertz CT molecular complexity index is 840. The van der Waals surface area contributed by atoms with E-state index in [-0.39, 0.29) is 47.4 Å². The highest BCUT2D eigenvalue weighted by molar-refractivity contribution is 8.00. The number of aliphatic hydroxyl groups is 3. The van der Waals surface area contributed by atoms with E-state index >= 15 is 0 Å². The summed E-state index contributed by atoms with van der Waals surface area (Å²) in [5.41, 5.74) is -1.99. The summed E-state index contributed by atoms with van der Waals surface area (Å²) in [6.45, 7) is 3.21. The van der Waals surface area contributed by atoms with Gasteiger partial charge in [0, 0.05) is 17.1 Å². The Morgan fingerprint density at radius 3 is 2.61 bits per heavy atom. The number of hydrogen-bond acceptors (Lipinski definition) is 7. The monoisotopic (exact) mass is 452 g/mol. The molecule has 7 nitrogen and oxygen atoms in total. The van der Waals surface area contributed by atoms with Crippen molar-refractivity contribution in [2.75, 3.05) is 12.4 Å². The second-order valence-corrected chi connectivity index (χ2v) is 11.6. The lowest BCUT2D eigenvalue weighted by Gasteiger charge is -2.61. The Balaban J connectivity index is 1.76. The highest BCUT2D eigenvalue weighted by atomic mass is 32.2. The molecule has 8 heteroatoms. The van der Waals surface area contributed by atoms with Crippen LogP contribution < -0.4 is 0 Å². The lowest BCUT2D eigenvalue weighted by molar-refractivity contribution is -0.181. The molecule has 4 aliphatic rings. The van der Waals surface area contributed by atoms with Crippen molar-refractivity contribution in [1.82, 2.24) is 0 Å². The highest BCUT2D eigenvalue weighted by Crippen LogP contribution is 2.68. The van der Waals surface area contributed by atoms with Crippen LogP contribution in [0.1, 0.15) is 52.4 Å². The zero-order chi connectivity index (χ0) is 22.8. The van der Waals surface area contributed by atoms with Crippen molar-refractivity contribution >= 4 is 29.3 Å². The van der Waals surface area contributed by atoms with E-state index in [9.17, 15) is 34.8 Å². The number of fused-ring (bicyclic) bond motifs is 5. The molecule has 0 aromatic rings. The molecule has 0 amide bonds. The fourth-order valence-electron chi connectivity index (χ4n) is 7.64. The smallest absolute Gasteiger partial charge is 0.313 e. The number of aliphatic hydroxyl groups excluding tert-OH is 2. The molecule has 4 N–H and O–H groups in total. The zero-order valence-electron chi connectivity index (χ0n) is 18.0. The van der Waals surface area contributed by atoms with Crippen LogP contribution in [-0.2, 0) is 14.4 Å². The number of ketones is 2. The molecule has 0 bridgehead atoms. The molecule has 0 aromatic heterocycles. The van der Waals surface area contributed by atoms with Gasteiger partial charge in [-0.15, -0.1) is 11.8 Å². The van der Waals surface area contributed by atoms with Gasteiger partial charge in [0.05, 0.1) is 11.9 Å². The third-order valence-electron chi connectivity index (χ3n) is 9.05. The molecule has 0 heterocycles. The third-order valence-corrected chi connectivity index (χ3v) is 10.3. The van der Waals surface area contributed by atoms with Crippen LogP contribution in [0.2, 0.25) is 0 Å². The molecular weight excluding hydrogens is 420 g/mol. The quantitative estimate of drug-likeness (QED) is 0.494. The zero-order valence-corrected chi connectivity index (χ0v) is 18.9. The van der Waals surface area contributed by atoms with E-state index in [1.54, 1.807) is 6.08 Å². The maximum absolute atomic E-state index is 12.5. The van der Waals surface area contributed by atoms with Crippen LogP contribution in [0, 0.1) is 28.6 Å². The van der Waals surface area contributed by atoms with Gasteiger partial charge >= 0.3 is 5.97 Å². The number of rotatable bonds is 5. The maximum atomic E-state index is 12.5. The van der Waals surface area contributed by atoms with Crippen LogP contribution in [0.4, 0.5) is 0 Å². The molecule has 0 radical (unpaired) electrons. The number of carbonyl (C=O) groups is 3. The number of carboxylic acid groups (broad SMARTS) is 1. The molecule has 4 rings (SSSR count). The fourth-order valence-corrected chi connectivity index (χ4v) is 8.86. The molecule has 0 aromatic carbocycles. The average Bonchev–Trinajstić information content (AvgIpc) is 2.97. The van der Waals surface area contributed by atoms with E-state index in [0.717, 1.165) is 5.57 Å². The standard InChI is InChI=1S/C23H32O7S/c1-21-5-3-12(25)7-15(21)17(31-11-19(28)29)8-13-14-4-6-23(30,18(27)10-24)22(14,2)9-16(26)20(13)21/h7,13-14,16-17,20,24,26,30H,3-6,8-11H2,1-2H3,(H,28,29)/t13-,14-,16-,17-,20+,21-,22-,23-/m0/s1. The molecule has 0 aliphatic heterocycles. The van der Waals surface area contributed by atoms with E-state index in [1.807, 2.05) is 6.92 Å². The van der Waals surface area contributed by atoms with Gasteiger partial charge in [-0.25, -0.2) is 0 Å². The lowest BCUT2D eigenvalue weighted by atomic mass is 9.45. The highest BCUT2D eigenvalue weighted by Gasteiger charge is 2.69. The van der Waals surface area contributed by atoms with E-state index in [1.165, 1.54) is 11.8 Å². The minimum atomic E-state index is -1.67. The fraction of sp³-hybridized carbons (Fsp3) is 0.783. The number of thioether (sulfide) groups is 1. The van der Waals surface area contributed by atoms with Crippen molar-refractivity contribution in [3.8, 4) is 0 Å². The summed E-state index contributed by atoms with van der Waals surface area (Å²) in [4.78, 5) is 36.1. The number of Topliss-reactive ketones (excluding diaryl/α,β-unsaturated/α-hetero) is 1. The minimum absolute atomic E-state index is 0.00378. The molecule has 4 aliphatic carbocycles. The van der Waals surface area contributed by atoms with Crippen LogP contribution in [0.5, 0.6) is 0 Å². The predicted octanol–water partition coefficient (Wildman–Crippen LogP) is 1.58. The normalized spacial score (nSPS) is 46.5. The summed E-state index contributed by atoms with van der Waals surface area (Å²) >= 11 is 1.32. The number of carbonyl (C=O) groups excluding carboxylic acids is 2. The number of carboxylic acids is 1. The molecule has 172 valence electrons. The summed E-state index contributed by atoms with van der Waals surface area (Å²) in [5.74, 6) is -1.66. The Hall–Kier alpha value is -1.22. The average molecular weight is 453 g/mol. The van der Waals surface area contributed by atoms with Crippen molar-refractivity contribution < 1.29 is 34.8 Å². The first-order valence-corrected chi connectivity index (χ1v) is 12.2. The van der Waals surface area contributed by atoms with Gasteiger partial charge < -0.3 is 20.4 Å². The minimum Gasteiger partial charge on any atom is -0.481 e. The maximum Gasteiger partial charge on any atom is 0.313 e. The second kappa shape index (κ2) is 7.68. The van der Waals surface area contributed by atoms with Gasteiger partial charge in [-0.05, 0) is 66.9 Å². The van der Waals surface area contributed by atoms with Crippen molar-refractivity contribution in [3.63, 3.8) is 0 Å². The Labute approximate surface area is 186 Å². The Morgan fingerprint density at radius 2 is 1.97 bits per heavy atom. The van der Waals surface area contributed by atoms with Gasteiger partial charge in [0.15, 0.2) is 11.6 Å². The van der Waals surface area contributed by atoms with E-state index in [0.29, 0.717) is 25.7 Å². The number of aliphatic carboxylic acids is 1. The van der Waals surface area contributed by atoms with Crippen LogP contribution in [0.15, 0.2) is 11.6 Å². The molecular formula is C23H32O7S. The van der Waals surface area contributed by atoms with Crippen LogP contribution in [0.3, 0.4) is 0 Å². The van der Waals surface area contributed by atoms with Crippen molar-refractivity contribution in [2.45, 2.75) is 69.3 Å². The Kier molecular flexibility index (Phi) is 5.69. The molecule has 0 spiro atoms. The van der Waals surface area contributed by atoms with Crippen molar-refractivity contribution in [2.24, 2.45) is 28.6 Å². The van der Waals surface area contributed by atoms with E-state index < -0.39 is 40.9 Å². The van der Waals surface area contributed by atoms with Gasteiger partial charge in [-0.1, -0.05) is 13.8 Å². The first-order chi connectivity index (χ1) is 14.5. The van der Waals surface area contributed by atoms with Gasteiger partial charge in [0.2, 0.25) is 0 Å². The first kappa shape index (κ1) is 23.0. The lowest BCUT2D eigenvalue weighted by Crippen LogP contribution is -2.63. The summed E-state index contributed by atoms with van der Waals surface area (Å²) in [6, 6.07) is 0. The van der Waals surface area contributed by atoms with Gasteiger partial charge in [0.1, 0.15) is 12.2 Å². The molecule has 3 saturated carbocycles. The van der Waals surface area contributed by atoms with E-state index in [4.69, 9.17) is 0 Å². The largest absolute Gasteiger partial charge is 0.481 e. The SMILES string of the molecule is C[C@]12CCC(=O)C=C1[C@@H](SCC(=O)O)C[C@@H]1[C@@H]2[C@@H](O)C[C@@]2(C)[C@H]1CC[C@]2(O)C(=O)CO. The van der Waals surface area contributed by atoms with Crippen LogP contribution in [-0.4, -0.2) is 67.3 Å². The molecule has 0 saturated heterocycles. The topological polar surface area (TPSA) is 132 Å². The molecule has 8 atom stereocenters. The van der Waals surface area contributed by atoms with Crippen molar-refractivity contribution in [3.05, 3.63) is 11.6 Å². The molecule has 3 fully saturated rings. The first-order valence-electron chi connectivity index (χ1n) is 11.1. The molecule has 0 unspecified atom stereocenters. The third kappa shape index (κ3) is 3.24. The van der Waals surface area contributed by atoms with Crippen molar-refractivity contribution in [1.29, 1.82) is 0 Å². The second-order valence-electron chi connectivity index (χ2n) is 10.4. The summed E-state index contributed by atoms with van der Waals surface area (Å²) in [6.07, 6.45) is 3.70. The molecule has 31 heavy (non-hydrogen) atoms. The number of hydrogen-bond donors (Lipinski definition) is 4. The van der Waals surface area contributed by atoms with Gasteiger partial charge in [-0.2, -0.15) is 0 Å². The predicted molar refractivity (Wildman–Crippen MR) is 114 cm³/mol. The van der Waals surface area contributed by atoms with E-state index in [2.05, 4.69) is 6.92 Å². The van der Waals surface area contributed by atoms with Gasteiger partial charge in [0.25, 0.3) is 0 Å². The Morgan fingerprint density at radius 1 is 1.26 bits per heavy atom. The van der Waals surface area contributed by atoms with Gasteiger partial charge in [-0.3, -0.25) is 14.4 Å². The van der Waals surface area contributed by atoms with Crippen LogP contribution in [0.25, 0.3) is 0 Å². The summed E-state index contributed by atoms with van der Waals surface area (Å²) in [5, 5.41) is 41.3. The van der Waals surface area contributed by atoms with Crippen LogP contribution >= 0.6 is 11.8 Å². The summed E-state index contributed by atoms with van der Waals surface area (Å²) < 4.78 is 0.